The third kappa shape index (κ3) is 4.33. The van der Waals surface area contributed by atoms with Crippen molar-refractivity contribution in [2.75, 3.05) is 19.6 Å². The molecule has 0 amide bonds. The van der Waals surface area contributed by atoms with Gasteiger partial charge in [-0.1, -0.05) is 6.92 Å². The highest BCUT2D eigenvalue weighted by Gasteiger charge is 2.33. The van der Waals surface area contributed by atoms with Crippen molar-refractivity contribution in [3.8, 4) is 0 Å². The highest BCUT2D eigenvalue weighted by atomic mass is 32.1. The summed E-state index contributed by atoms with van der Waals surface area (Å²) in [5, 5.41) is 9.40. The number of hydrogen-bond donors (Lipinski definition) is 1. The molecule has 1 aromatic heterocycles. The van der Waals surface area contributed by atoms with Gasteiger partial charge in [0.05, 0.1) is 12.1 Å². The van der Waals surface area contributed by atoms with Gasteiger partial charge in [0.1, 0.15) is 0 Å². The van der Waals surface area contributed by atoms with Crippen LogP contribution in [0.4, 0.5) is 8.78 Å². The van der Waals surface area contributed by atoms with Gasteiger partial charge in [0.2, 0.25) is 0 Å². The molecule has 3 nitrogen and oxygen atoms in total. The molecule has 1 N–H and O–H groups in total. The molecular formula is C18H27F2NO2S. The highest BCUT2D eigenvalue weighted by Crippen LogP contribution is 2.42. The van der Waals surface area contributed by atoms with Gasteiger partial charge < -0.3 is 5.11 Å². The van der Waals surface area contributed by atoms with Crippen LogP contribution in [-0.2, 0) is 0 Å². The van der Waals surface area contributed by atoms with E-state index in [0.717, 1.165) is 36.6 Å². The molecule has 1 saturated heterocycles. The van der Waals surface area contributed by atoms with Crippen LogP contribution in [-0.4, -0.2) is 41.5 Å². The maximum Gasteiger partial charge on any atom is 0.337 e. The van der Waals surface area contributed by atoms with Crippen LogP contribution in [0.15, 0.2) is 0 Å². The highest BCUT2D eigenvalue weighted by molar-refractivity contribution is 7.12. The molecule has 0 radical (unpaired) electrons. The van der Waals surface area contributed by atoms with Crippen LogP contribution in [0.25, 0.3) is 0 Å². The topological polar surface area (TPSA) is 40.5 Å². The van der Waals surface area contributed by atoms with Gasteiger partial charge >= 0.3 is 5.97 Å². The van der Waals surface area contributed by atoms with E-state index in [4.69, 9.17) is 0 Å². The SMILES string of the molecule is CC[C@@H](c1sc(C)c(C(=O)O)c1C)C1CCN(CC(C)(F)F)CC1. The van der Waals surface area contributed by atoms with Crippen molar-refractivity contribution in [3.63, 3.8) is 0 Å². The number of carboxylic acid groups (broad SMARTS) is 1. The monoisotopic (exact) mass is 359 g/mol. The van der Waals surface area contributed by atoms with E-state index in [1.807, 2.05) is 18.7 Å². The molecule has 0 aliphatic carbocycles. The van der Waals surface area contributed by atoms with Gasteiger partial charge in [-0.2, -0.15) is 0 Å². The van der Waals surface area contributed by atoms with E-state index < -0.39 is 11.9 Å². The average molecular weight is 359 g/mol. The smallest absolute Gasteiger partial charge is 0.337 e. The molecular weight excluding hydrogens is 332 g/mol. The molecule has 0 aromatic carbocycles. The Morgan fingerprint density at radius 3 is 2.38 bits per heavy atom. The van der Waals surface area contributed by atoms with Crippen molar-refractivity contribution in [2.45, 2.75) is 58.8 Å². The molecule has 2 rings (SSSR count). The largest absolute Gasteiger partial charge is 0.478 e. The number of thiophene rings is 1. The molecule has 0 saturated carbocycles. The van der Waals surface area contributed by atoms with Crippen molar-refractivity contribution >= 4 is 17.3 Å². The predicted molar refractivity (Wildman–Crippen MR) is 93.6 cm³/mol. The number of likely N-dealkylation sites (tertiary alicyclic amines) is 1. The lowest BCUT2D eigenvalue weighted by Gasteiger charge is -2.36. The second-order valence-electron chi connectivity index (χ2n) is 7.03. The Hall–Kier alpha value is -1.01. The van der Waals surface area contributed by atoms with Crippen molar-refractivity contribution in [3.05, 3.63) is 20.9 Å². The Labute approximate surface area is 146 Å². The van der Waals surface area contributed by atoms with Crippen molar-refractivity contribution in [1.29, 1.82) is 0 Å². The molecule has 1 aliphatic rings. The van der Waals surface area contributed by atoms with Crippen molar-refractivity contribution in [2.24, 2.45) is 5.92 Å². The molecule has 1 fully saturated rings. The van der Waals surface area contributed by atoms with Crippen LogP contribution in [0.5, 0.6) is 0 Å². The average Bonchev–Trinajstić information content (AvgIpc) is 2.75. The van der Waals surface area contributed by atoms with E-state index in [1.54, 1.807) is 11.3 Å². The zero-order chi connectivity index (χ0) is 18.1. The molecule has 0 unspecified atom stereocenters. The second-order valence-corrected chi connectivity index (χ2v) is 8.28. The number of aryl methyl sites for hydroxylation is 1. The Morgan fingerprint density at radius 2 is 1.96 bits per heavy atom. The zero-order valence-electron chi connectivity index (χ0n) is 14.9. The molecule has 2 heterocycles. The number of alkyl halides is 2. The minimum atomic E-state index is -2.64. The fourth-order valence-electron chi connectivity index (χ4n) is 3.98. The van der Waals surface area contributed by atoms with Crippen molar-refractivity contribution < 1.29 is 18.7 Å². The van der Waals surface area contributed by atoms with Gasteiger partial charge in [0, 0.05) is 16.7 Å². The zero-order valence-corrected chi connectivity index (χ0v) is 15.7. The Bertz CT molecular complexity index is 587. The van der Waals surface area contributed by atoms with E-state index in [0.29, 0.717) is 30.5 Å². The quantitative estimate of drug-likeness (QED) is 0.783. The van der Waals surface area contributed by atoms with E-state index >= 15 is 0 Å². The second kappa shape index (κ2) is 7.48. The summed E-state index contributed by atoms with van der Waals surface area (Å²) in [6, 6.07) is 0. The van der Waals surface area contributed by atoms with Crippen LogP contribution in [0.3, 0.4) is 0 Å². The molecule has 24 heavy (non-hydrogen) atoms. The summed E-state index contributed by atoms with van der Waals surface area (Å²) in [6.07, 6.45) is 2.75. The van der Waals surface area contributed by atoms with Crippen LogP contribution < -0.4 is 0 Å². The summed E-state index contributed by atoms with van der Waals surface area (Å²) in [6.45, 7) is 8.09. The number of halogens is 2. The molecule has 136 valence electrons. The lowest BCUT2D eigenvalue weighted by atomic mass is 9.80. The first kappa shape index (κ1) is 19.3. The third-order valence-corrected chi connectivity index (χ3v) is 6.39. The van der Waals surface area contributed by atoms with Gasteiger partial charge in [0.15, 0.2) is 0 Å². The number of aromatic carboxylic acids is 1. The minimum Gasteiger partial charge on any atom is -0.478 e. The maximum atomic E-state index is 13.2. The summed E-state index contributed by atoms with van der Waals surface area (Å²) >= 11 is 1.59. The first-order valence-corrected chi connectivity index (χ1v) is 9.39. The number of carboxylic acids is 1. The third-order valence-electron chi connectivity index (χ3n) is 5.05. The Balaban J connectivity index is 2.11. The van der Waals surface area contributed by atoms with E-state index in [9.17, 15) is 18.7 Å². The summed E-state index contributed by atoms with van der Waals surface area (Å²) in [7, 11) is 0. The molecule has 6 heteroatoms. The van der Waals surface area contributed by atoms with Crippen molar-refractivity contribution in [1.82, 2.24) is 4.90 Å². The van der Waals surface area contributed by atoms with Crippen LogP contribution >= 0.6 is 11.3 Å². The fraction of sp³-hybridized carbons (Fsp3) is 0.722. The molecule has 0 bridgehead atoms. The van der Waals surface area contributed by atoms with E-state index in [1.165, 1.54) is 4.88 Å². The first-order valence-electron chi connectivity index (χ1n) is 8.57. The van der Waals surface area contributed by atoms with Gasteiger partial charge in [-0.15, -0.1) is 11.3 Å². The van der Waals surface area contributed by atoms with E-state index in [2.05, 4.69) is 6.92 Å². The van der Waals surface area contributed by atoms with Gasteiger partial charge in [0.25, 0.3) is 5.92 Å². The number of piperidine rings is 1. The van der Waals surface area contributed by atoms with Gasteiger partial charge in [-0.25, -0.2) is 13.6 Å². The van der Waals surface area contributed by atoms with Crippen LogP contribution in [0.1, 0.15) is 64.7 Å². The van der Waals surface area contributed by atoms with Gasteiger partial charge in [-0.05, 0) is 63.6 Å². The van der Waals surface area contributed by atoms with Crippen LogP contribution in [0, 0.1) is 19.8 Å². The fourth-order valence-corrected chi connectivity index (χ4v) is 5.42. The van der Waals surface area contributed by atoms with Gasteiger partial charge in [-0.3, -0.25) is 4.90 Å². The molecule has 1 aliphatic heterocycles. The van der Waals surface area contributed by atoms with Crippen LogP contribution in [0.2, 0.25) is 0 Å². The summed E-state index contributed by atoms with van der Waals surface area (Å²) in [4.78, 5) is 15.3. The lowest BCUT2D eigenvalue weighted by molar-refractivity contribution is -0.0232. The summed E-state index contributed by atoms with van der Waals surface area (Å²) in [5.74, 6) is -2.74. The number of rotatable bonds is 6. The summed E-state index contributed by atoms with van der Waals surface area (Å²) < 4.78 is 26.3. The Kier molecular flexibility index (Phi) is 6.02. The predicted octanol–water partition coefficient (Wildman–Crippen LogP) is 4.92. The molecule has 1 atom stereocenters. The summed E-state index contributed by atoms with van der Waals surface area (Å²) in [5.41, 5.74) is 1.33. The maximum absolute atomic E-state index is 13.2. The Morgan fingerprint density at radius 1 is 1.38 bits per heavy atom. The number of nitrogens with zero attached hydrogens (tertiary/aromatic N) is 1. The number of hydrogen-bond acceptors (Lipinski definition) is 3. The van der Waals surface area contributed by atoms with E-state index in [-0.39, 0.29) is 6.54 Å². The number of carbonyl (C=O) groups is 1. The normalized spacial score (nSPS) is 18.8. The lowest BCUT2D eigenvalue weighted by Crippen LogP contribution is -2.41. The molecule has 0 spiro atoms. The first-order chi connectivity index (χ1) is 11.1. The molecule has 1 aromatic rings. The minimum absolute atomic E-state index is 0.170. The standard InChI is InChI=1S/C18H27F2NO2S/c1-5-14(16-11(2)15(17(22)23)12(3)24-16)13-6-8-21(9-7-13)10-18(4,19)20/h13-14H,5-10H2,1-4H3,(H,22,23)/t14-/m1/s1.